The van der Waals surface area contributed by atoms with E-state index in [-0.39, 0.29) is 17.8 Å². The fourth-order valence-corrected chi connectivity index (χ4v) is 2.56. The molecule has 2 aromatic carbocycles. The highest BCUT2D eigenvalue weighted by molar-refractivity contribution is 5.94. The van der Waals surface area contributed by atoms with Gasteiger partial charge in [-0.25, -0.2) is 4.39 Å². The third-order valence-corrected chi connectivity index (χ3v) is 3.79. The van der Waals surface area contributed by atoms with Gasteiger partial charge in [0.15, 0.2) is 0 Å². The Bertz CT molecular complexity index is 667. The van der Waals surface area contributed by atoms with Gasteiger partial charge in [-0.2, -0.15) is 0 Å². The lowest BCUT2D eigenvalue weighted by molar-refractivity contribution is 0.0940. The molecule has 2 aromatic rings. The van der Waals surface area contributed by atoms with E-state index in [1.807, 2.05) is 13.0 Å². The summed E-state index contributed by atoms with van der Waals surface area (Å²) in [7, 11) is 0. The number of halogens is 1. The minimum Gasteiger partial charge on any atom is -0.384 e. The molecule has 2 N–H and O–H groups in total. The Kier molecular flexibility index (Phi) is 3.60. The molecule has 3 rings (SSSR count). The van der Waals surface area contributed by atoms with Gasteiger partial charge < -0.3 is 10.6 Å². The van der Waals surface area contributed by atoms with Crippen molar-refractivity contribution in [2.24, 2.45) is 0 Å². The van der Waals surface area contributed by atoms with Crippen molar-refractivity contribution >= 4 is 11.6 Å². The van der Waals surface area contributed by atoms with Crippen molar-refractivity contribution in [1.82, 2.24) is 5.32 Å². The second kappa shape index (κ2) is 5.56. The maximum absolute atomic E-state index is 12.9. The lowest BCUT2D eigenvalue weighted by Gasteiger charge is -2.15. The van der Waals surface area contributed by atoms with Crippen LogP contribution in [0.2, 0.25) is 0 Å². The fourth-order valence-electron chi connectivity index (χ4n) is 2.56. The summed E-state index contributed by atoms with van der Waals surface area (Å²) >= 11 is 0. The van der Waals surface area contributed by atoms with Crippen LogP contribution in [0.4, 0.5) is 10.1 Å². The molecule has 0 saturated heterocycles. The summed E-state index contributed by atoms with van der Waals surface area (Å²) in [4.78, 5) is 12.1. The first kappa shape index (κ1) is 13.6. The Labute approximate surface area is 123 Å². The molecule has 108 valence electrons. The molecule has 4 heteroatoms. The lowest BCUT2D eigenvalue weighted by Crippen LogP contribution is -2.26. The Morgan fingerprint density at radius 3 is 2.76 bits per heavy atom. The topological polar surface area (TPSA) is 41.1 Å². The van der Waals surface area contributed by atoms with Crippen LogP contribution < -0.4 is 10.6 Å². The largest absolute Gasteiger partial charge is 0.384 e. The predicted octanol–water partition coefficient (Wildman–Crippen LogP) is 3.28. The van der Waals surface area contributed by atoms with E-state index in [4.69, 9.17) is 0 Å². The zero-order valence-corrected chi connectivity index (χ0v) is 11.8. The number of carbonyl (C=O) groups excluding carboxylic acids is 1. The van der Waals surface area contributed by atoms with Gasteiger partial charge in [0.1, 0.15) is 5.82 Å². The standard InChI is InChI=1S/C17H17FN2O/c1-11(13-4-7-16-14(10-13)8-9-19-16)20-17(21)12-2-5-15(18)6-3-12/h2-7,10-11,19H,8-9H2,1H3,(H,20,21)/t11-/m1/s1. The van der Waals surface area contributed by atoms with Crippen LogP contribution in [-0.4, -0.2) is 12.5 Å². The third kappa shape index (κ3) is 2.89. The molecule has 21 heavy (non-hydrogen) atoms. The Hall–Kier alpha value is -2.36. The molecule has 0 saturated carbocycles. The molecule has 0 fully saturated rings. The highest BCUT2D eigenvalue weighted by Crippen LogP contribution is 2.25. The molecule has 0 aliphatic carbocycles. The Morgan fingerprint density at radius 2 is 2.00 bits per heavy atom. The average Bonchev–Trinajstić information content (AvgIpc) is 2.95. The van der Waals surface area contributed by atoms with E-state index in [0.717, 1.165) is 18.5 Å². The first-order valence-corrected chi connectivity index (χ1v) is 7.06. The number of hydrogen-bond acceptors (Lipinski definition) is 2. The number of nitrogens with one attached hydrogen (secondary N) is 2. The summed E-state index contributed by atoms with van der Waals surface area (Å²) in [6, 6.07) is 11.7. The van der Waals surface area contributed by atoms with Crippen LogP contribution in [-0.2, 0) is 6.42 Å². The summed E-state index contributed by atoms with van der Waals surface area (Å²) in [6.45, 7) is 2.92. The highest BCUT2D eigenvalue weighted by Gasteiger charge is 2.15. The van der Waals surface area contributed by atoms with Gasteiger partial charge in [0.2, 0.25) is 0 Å². The van der Waals surface area contributed by atoms with Gasteiger partial charge in [0.05, 0.1) is 6.04 Å². The zero-order valence-electron chi connectivity index (χ0n) is 11.8. The molecule has 1 atom stereocenters. The van der Waals surface area contributed by atoms with Crippen molar-refractivity contribution in [1.29, 1.82) is 0 Å². The number of benzene rings is 2. The zero-order chi connectivity index (χ0) is 14.8. The molecule has 0 bridgehead atoms. The summed E-state index contributed by atoms with van der Waals surface area (Å²) in [6.07, 6.45) is 1.02. The van der Waals surface area contributed by atoms with Crippen molar-refractivity contribution in [3.8, 4) is 0 Å². The van der Waals surface area contributed by atoms with Gasteiger partial charge in [-0.3, -0.25) is 4.79 Å². The smallest absolute Gasteiger partial charge is 0.251 e. The summed E-state index contributed by atoms with van der Waals surface area (Å²) in [5.41, 5.74) is 4.00. The van der Waals surface area contributed by atoms with E-state index >= 15 is 0 Å². The molecule has 1 amide bonds. The average molecular weight is 284 g/mol. The number of anilines is 1. The predicted molar refractivity (Wildman–Crippen MR) is 80.9 cm³/mol. The quantitative estimate of drug-likeness (QED) is 0.908. The van der Waals surface area contributed by atoms with Gasteiger partial charge in [-0.15, -0.1) is 0 Å². The minimum atomic E-state index is -0.342. The second-order valence-electron chi connectivity index (χ2n) is 5.30. The molecule has 0 unspecified atom stereocenters. The number of carbonyl (C=O) groups is 1. The maximum atomic E-state index is 12.9. The number of hydrogen-bond donors (Lipinski definition) is 2. The molecule has 3 nitrogen and oxygen atoms in total. The molecule has 0 spiro atoms. The third-order valence-electron chi connectivity index (χ3n) is 3.79. The SMILES string of the molecule is C[C@@H](NC(=O)c1ccc(F)cc1)c1ccc2c(c1)CCN2. The van der Waals surface area contributed by atoms with Crippen LogP contribution in [0, 0.1) is 5.82 Å². The molecule has 1 heterocycles. The van der Waals surface area contributed by atoms with Crippen molar-refractivity contribution in [3.05, 3.63) is 65.0 Å². The van der Waals surface area contributed by atoms with E-state index in [1.165, 1.54) is 35.5 Å². The van der Waals surface area contributed by atoms with E-state index in [2.05, 4.69) is 22.8 Å². The Balaban J connectivity index is 1.72. The van der Waals surface area contributed by atoms with Crippen LogP contribution in [0.5, 0.6) is 0 Å². The van der Waals surface area contributed by atoms with E-state index in [1.54, 1.807) is 0 Å². The normalized spacial score (nSPS) is 14.2. The van der Waals surface area contributed by atoms with Crippen LogP contribution in [0.15, 0.2) is 42.5 Å². The molecule has 0 aromatic heterocycles. The van der Waals surface area contributed by atoms with Gasteiger partial charge >= 0.3 is 0 Å². The Morgan fingerprint density at radius 1 is 1.24 bits per heavy atom. The lowest BCUT2D eigenvalue weighted by atomic mass is 10.0. The van der Waals surface area contributed by atoms with Crippen molar-refractivity contribution in [2.75, 3.05) is 11.9 Å². The highest BCUT2D eigenvalue weighted by atomic mass is 19.1. The summed E-state index contributed by atoms with van der Waals surface area (Å²) < 4.78 is 12.9. The van der Waals surface area contributed by atoms with Crippen molar-refractivity contribution in [3.63, 3.8) is 0 Å². The molecular formula is C17H17FN2O. The van der Waals surface area contributed by atoms with E-state index in [9.17, 15) is 9.18 Å². The van der Waals surface area contributed by atoms with Crippen LogP contribution in [0.1, 0.15) is 34.5 Å². The van der Waals surface area contributed by atoms with Crippen LogP contribution in [0.25, 0.3) is 0 Å². The van der Waals surface area contributed by atoms with Crippen molar-refractivity contribution in [2.45, 2.75) is 19.4 Å². The van der Waals surface area contributed by atoms with E-state index in [0.29, 0.717) is 5.56 Å². The number of fused-ring (bicyclic) bond motifs is 1. The number of rotatable bonds is 3. The first-order valence-electron chi connectivity index (χ1n) is 7.06. The maximum Gasteiger partial charge on any atom is 0.251 e. The molecule has 1 aliphatic heterocycles. The van der Waals surface area contributed by atoms with Gasteiger partial charge in [-0.1, -0.05) is 12.1 Å². The van der Waals surface area contributed by atoms with Gasteiger partial charge in [0.25, 0.3) is 5.91 Å². The monoisotopic (exact) mass is 284 g/mol. The fraction of sp³-hybridized carbons (Fsp3) is 0.235. The van der Waals surface area contributed by atoms with Gasteiger partial charge in [0, 0.05) is 17.8 Å². The van der Waals surface area contributed by atoms with E-state index < -0.39 is 0 Å². The summed E-state index contributed by atoms with van der Waals surface area (Å²) in [5.74, 6) is -0.535. The molecular weight excluding hydrogens is 267 g/mol. The van der Waals surface area contributed by atoms with Crippen molar-refractivity contribution < 1.29 is 9.18 Å². The second-order valence-corrected chi connectivity index (χ2v) is 5.30. The summed E-state index contributed by atoms with van der Waals surface area (Å²) in [5, 5.41) is 6.26. The van der Waals surface area contributed by atoms with Crippen LogP contribution in [0.3, 0.4) is 0 Å². The van der Waals surface area contributed by atoms with Crippen LogP contribution >= 0.6 is 0 Å². The minimum absolute atomic E-state index is 0.0894. The first-order chi connectivity index (χ1) is 10.1. The molecule has 0 radical (unpaired) electrons. The van der Waals surface area contributed by atoms with Gasteiger partial charge in [-0.05, 0) is 54.8 Å². The molecule has 1 aliphatic rings. The number of amides is 1.